The van der Waals surface area contributed by atoms with Crippen molar-refractivity contribution in [2.75, 3.05) is 5.32 Å². The number of nitrogens with zero attached hydrogens (tertiary/aromatic N) is 1. The number of aliphatic carboxylic acids is 1. The number of primary amides is 1. The first-order valence-corrected chi connectivity index (χ1v) is 6.38. The fourth-order valence-corrected chi connectivity index (χ4v) is 1.86. The molecule has 0 aliphatic carbocycles. The predicted molar refractivity (Wildman–Crippen MR) is 76.2 cm³/mol. The Balaban J connectivity index is 2.83. The minimum Gasteiger partial charge on any atom is -0.481 e. The number of anilines is 1. The van der Waals surface area contributed by atoms with Crippen molar-refractivity contribution in [3.8, 4) is 0 Å². The molecule has 21 heavy (non-hydrogen) atoms. The van der Waals surface area contributed by atoms with Gasteiger partial charge in [-0.25, -0.2) is 0 Å². The number of nitrogens with two attached hydrogens (primary N) is 1. The summed E-state index contributed by atoms with van der Waals surface area (Å²) >= 11 is 0. The van der Waals surface area contributed by atoms with E-state index in [9.17, 15) is 19.7 Å². The molecule has 0 spiro atoms. The normalized spacial score (nSPS) is 11.7. The van der Waals surface area contributed by atoms with Crippen LogP contribution >= 0.6 is 0 Å². The Kier molecular flexibility index (Phi) is 5.65. The summed E-state index contributed by atoms with van der Waals surface area (Å²) in [5, 5.41) is 22.4. The van der Waals surface area contributed by atoms with E-state index in [0.717, 1.165) is 0 Å². The van der Waals surface area contributed by atoms with Crippen LogP contribution in [0.5, 0.6) is 0 Å². The van der Waals surface area contributed by atoms with Crippen LogP contribution in [-0.2, 0) is 4.79 Å². The molecule has 0 radical (unpaired) electrons. The number of hydrogen-bond acceptors (Lipinski definition) is 5. The lowest BCUT2D eigenvalue weighted by atomic mass is 10.1. The third-order valence-electron chi connectivity index (χ3n) is 2.91. The van der Waals surface area contributed by atoms with Gasteiger partial charge in [0.1, 0.15) is 5.69 Å². The van der Waals surface area contributed by atoms with Gasteiger partial charge in [0.15, 0.2) is 0 Å². The van der Waals surface area contributed by atoms with Gasteiger partial charge in [-0.3, -0.25) is 19.7 Å². The molecule has 0 bridgehead atoms. The van der Waals surface area contributed by atoms with E-state index in [1.54, 1.807) is 6.92 Å². The topological polar surface area (TPSA) is 136 Å². The van der Waals surface area contributed by atoms with Crippen molar-refractivity contribution in [2.24, 2.45) is 5.73 Å². The second-order valence-corrected chi connectivity index (χ2v) is 4.68. The minimum absolute atomic E-state index is 0.0371. The maximum atomic E-state index is 11.1. The molecule has 8 nitrogen and oxygen atoms in total. The molecule has 0 saturated heterocycles. The highest BCUT2D eigenvalue weighted by atomic mass is 16.6. The van der Waals surface area contributed by atoms with Crippen molar-refractivity contribution in [1.82, 2.24) is 0 Å². The van der Waals surface area contributed by atoms with Gasteiger partial charge in [-0.1, -0.05) is 0 Å². The second kappa shape index (κ2) is 7.22. The van der Waals surface area contributed by atoms with Crippen LogP contribution in [0.25, 0.3) is 0 Å². The quantitative estimate of drug-likeness (QED) is 0.493. The van der Waals surface area contributed by atoms with Crippen LogP contribution in [0.3, 0.4) is 0 Å². The van der Waals surface area contributed by atoms with Gasteiger partial charge in [0.25, 0.3) is 5.69 Å². The Morgan fingerprint density at radius 3 is 2.67 bits per heavy atom. The fraction of sp³-hybridized carbons (Fsp3) is 0.385. The number of nitro groups is 1. The predicted octanol–water partition coefficient (Wildman–Crippen LogP) is 1.75. The zero-order chi connectivity index (χ0) is 16.0. The van der Waals surface area contributed by atoms with Crippen molar-refractivity contribution < 1.29 is 19.6 Å². The Labute approximate surface area is 121 Å². The number of carboxylic acids is 1. The molecule has 1 aromatic rings. The molecular weight excluding hydrogens is 278 g/mol. The van der Waals surface area contributed by atoms with Crippen LogP contribution in [0.1, 0.15) is 36.5 Å². The summed E-state index contributed by atoms with van der Waals surface area (Å²) < 4.78 is 0. The van der Waals surface area contributed by atoms with Gasteiger partial charge in [0.05, 0.1) is 4.92 Å². The number of benzene rings is 1. The summed E-state index contributed by atoms with van der Waals surface area (Å²) in [5.74, 6) is -1.56. The summed E-state index contributed by atoms with van der Waals surface area (Å²) in [7, 11) is 0. The standard InChI is InChI=1S/C13H17N3O5/c1-8(3-2-4-12(17)18)15-10-7-9(13(14)19)5-6-11(10)16(20)21/h5-8,15H,2-4H2,1H3,(H2,14,19)(H,17,18). The molecule has 0 fully saturated rings. The number of rotatable bonds is 8. The molecular formula is C13H17N3O5. The number of carboxylic acid groups (broad SMARTS) is 1. The van der Waals surface area contributed by atoms with E-state index in [2.05, 4.69) is 5.32 Å². The monoisotopic (exact) mass is 295 g/mol. The number of amides is 1. The highest BCUT2D eigenvalue weighted by Crippen LogP contribution is 2.26. The highest BCUT2D eigenvalue weighted by molar-refractivity contribution is 5.94. The van der Waals surface area contributed by atoms with Crippen LogP contribution in [-0.4, -0.2) is 27.9 Å². The molecule has 1 aromatic carbocycles. The van der Waals surface area contributed by atoms with Crippen LogP contribution in [0.15, 0.2) is 18.2 Å². The minimum atomic E-state index is -0.885. The molecule has 0 saturated carbocycles. The van der Waals surface area contributed by atoms with Crippen molar-refractivity contribution >= 4 is 23.3 Å². The van der Waals surface area contributed by atoms with Gasteiger partial charge in [-0.15, -0.1) is 0 Å². The van der Waals surface area contributed by atoms with Gasteiger partial charge in [-0.2, -0.15) is 0 Å². The van der Waals surface area contributed by atoms with E-state index in [-0.39, 0.29) is 29.4 Å². The molecule has 0 aromatic heterocycles. The Bertz CT molecular complexity index is 559. The number of hydrogen-bond donors (Lipinski definition) is 3. The average molecular weight is 295 g/mol. The van der Waals surface area contributed by atoms with Crippen LogP contribution in [0.4, 0.5) is 11.4 Å². The molecule has 0 heterocycles. The molecule has 1 amide bonds. The number of carbonyl (C=O) groups is 2. The molecule has 1 atom stereocenters. The van der Waals surface area contributed by atoms with E-state index in [0.29, 0.717) is 12.8 Å². The van der Waals surface area contributed by atoms with Crippen LogP contribution in [0, 0.1) is 10.1 Å². The molecule has 114 valence electrons. The van der Waals surface area contributed by atoms with Crippen molar-refractivity contribution in [3.05, 3.63) is 33.9 Å². The molecule has 0 aliphatic heterocycles. The summed E-state index contributed by atoms with van der Waals surface area (Å²) in [6.45, 7) is 1.78. The van der Waals surface area contributed by atoms with Crippen LogP contribution in [0.2, 0.25) is 0 Å². The summed E-state index contributed by atoms with van der Waals surface area (Å²) in [6.07, 6.45) is 1.02. The van der Waals surface area contributed by atoms with Gasteiger partial charge in [0.2, 0.25) is 5.91 Å². The summed E-state index contributed by atoms with van der Waals surface area (Å²) in [5.41, 5.74) is 5.35. The molecule has 8 heteroatoms. The SMILES string of the molecule is CC(CCCC(=O)O)Nc1cc(C(N)=O)ccc1[N+](=O)[O-]. The Morgan fingerprint density at radius 1 is 1.48 bits per heavy atom. The number of nitro benzene ring substituents is 1. The van der Waals surface area contributed by atoms with Gasteiger partial charge in [0, 0.05) is 24.1 Å². The summed E-state index contributed by atoms with van der Waals surface area (Å²) in [6, 6.07) is 3.66. The van der Waals surface area contributed by atoms with Crippen LogP contribution < -0.4 is 11.1 Å². The van der Waals surface area contributed by atoms with Crippen molar-refractivity contribution in [2.45, 2.75) is 32.2 Å². The van der Waals surface area contributed by atoms with Gasteiger partial charge >= 0.3 is 5.97 Å². The molecule has 1 rings (SSSR count). The second-order valence-electron chi connectivity index (χ2n) is 4.68. The average Bonchev–Trinajstić information content (AvgIpc) is 2.37. The van der Waals surface area contributed by atoms with E-state index < -0.39 is 16.8 Å². The van der Waals surface area contributed by atoms with Crippen molar-refractivity contribution in [1.29, 1.82) is 0 Å². The first-order valence-electron chi connectivity index (χ1n) is 6.38. The van der Waals surface area contributed by atoms with E-state index >= 15 is 0 Å². The number of carbonyl (C=O) groups excluding carboxylic acids is 1. The maximum Gasteiger partial charge on any atom is 0.303 e. The fourth-order valence-electron chi connectivity index (χ4n) is 1.86. The maximum absolute atomic E-state index is 11.1. The van der Waals surface area contributed by atoms with Gasteiger partial charge in [-0.05, 0) is 31.9 Å². The largest absolute Gasteiger partial charge is 0.481 e. The number of nitrogens with one attached hydrogen (secondary N) is 1. The molecule has 4 N–H and O–H groups in total. The molecule has 0 aliphatic rings. The molecule has 1 unspecified atom stereocenters. The summed E-state index contributed by atoms with van der Waals surface area (Å²) in [4.78, 5) is 32.0. The van der Waals surface area contributed by atoms with E-state index in [1.165, 1.54) is 18.2 Å². The first-order chi connectivity index (χ1) is 9.81. The first kappa shape index (κ1) is 16.4. The Hall–Kier alpha value is -2.64. The van der Waals surface area contributed by atoms with E-state index in [1.807, 2.05) is 0 Å². The Morgan fingerprint density at radius 2 is 2.14 bits per heavy atom. The van der Waals surface area contributed by atoms with Gasteiger partial charge < -0.3 is 16.2 Å². The third-order valence-corrected chi connectivity index (χ3v) is 2.91. The lowest BCUT2D eigenvalue weighted by molar-refractivity contribution is -0.384. The zero-order valence-corrected chi connectivity index (χ0v) is 11.5. The van der Waals surface area contributed by atoms with E-state index in [4.69, 9.17) is 10.8 Å². The highest BCUT2D eigenvalue weighted by Gasteiger charge is 2.17. The lowest BCUT2D eigenvalue weighted by Crippen LogP contribution is -2.18. The zero-order valence-electron chi connectivity index (χ0n) is 11.5. The third kappa shape index (κ3) is 5.09. The lowest BCUT2D eigenvalue weighted by Gasteiger charge is -2.15. The smallest absolute Gasteiger partial charge is 0.303 e. The van der Waals surface area contributed by atoms with Crippen molar-refractivity contribution in [3.63, 3.8) is 0 Å².